The number of allylic oxidation sites excluding steroid dienone is 1. The highest BCUT2D eigenvalue weighted by atomic mass is 32.2. The van der Waals surface area contributed by atoms with E-state index in [1.807, 2.05) is 27.7 Å². The van der Waals surface area contributed by atoms with Gasteiger partial charge in [-0.1, -0.05) is 18.2 Å². The van der Waals surface area contributed by atoms with E-state index in [1.165, 1.54) is 17.7 Å². The first kappa shape index (κ1) is 21.3. The van der Waals surface area contributed by atoms with Gasteiger partial charge in [-0.15, -0.1) is 16.9 Å². The van der Waals surface area contributed by atoms with Crippen LogP contribution in [0.4, 0.5) is 17.6 Å². The number of thioether (sulfide) groups is 1. The van der Waals surface area contributed by atoms with Gasteiger partial charge in [0.25, 0.3) is 0 Å². The van der Waals surface area contributed by atoms with Crippen LogP contribution in [0, 0.1) is 0 Å². The third kappa shape index (κ3) is 4.18. The Morgan fingerprint density at radius 3 is 3.00 bits per heavy atom. The Labute approximate surface area is 202 Å². The van der Waals surface area contributed by atoms with Crippen molar-refractivity contribution in [2.75, 3.05) is 23.0 Å². The predicted molar refractivity (Wildman–Crippen MR) is 134 cm³/mol. The molecule has 3 N–H and O–H groups in total. The summed E-state index contributed by atoms with van der Waals surface area (Å²) in [6.45, 7) is 0.746. The number of carbonyl (C=O) groups is 1. The van der Waals surface area contributed by atoms with Crippen LogP contribution in [0.15, 0.2) is 47.5 Å². The van der Waals surface area contributed by atoms with Crippen molar-refractivity contribution in [1.29, 1.82) is 0 Å². The number of anilines is 3. The molecule has 0 spiro atoms. The van der Waals surface area contributed by atoms with Gasteiger partial charge in [0.2, 0.25) is 11.9 Å². The summed E-state index contributed by atoms with van der Waals surface area (Å²) < 4.78 is 1.81. The fourth-order valence-corrected chi connectivity index (χ4v) is 5.16. The van der Waals surface area contributed by atoms with E-state index in [-0.39, 0.29) is 18.0 Å². The van der Waals surface area contributed by atoms with Gasteiger partial charge in [-0.2, -0.15) is 10.1 Å². The molecular weight excluding hydrogens is 448 g/mol. The average molecular weight is 477 g/mol. The maximum atomic E-state index is 13.2. The maximum absolute atomic E-state index is 13.2. The van der Waals surface area contributed by atoms with Crippen LogP contribution < -0.4 is 15.5 Å². The summed E-state index contributed by atoms with van der Waals surface area (Å²) in [5, 5.41) is 18.8. The first-order chi connectivity index (χ1) is 16.7. The summed E-state index contributed by atoms with van der Waals surface area (Å²) in [6, 6.07) is 5.71. The monoisotopic (exact) mass is 476 g/mol. The number of carbonyl (C=O) groups excluding carboxylic acids is 1. The van der Waals surface area contributed by atoms with E-state index in [4.69, 9.17) is 10.1 Å². The Balaban J connectivity index is 1.22. The summed E-state index contributed by atoms with van der Waals surface area (Å²) in [7, 11) is 0. The molecule has 6 rings (SSSR count). The molecular formula is C24H28N8OS. The van der Waals surface area contributed by atoms with Gasteiger partial charge in [0, 0.05) is 35.3 Å². The summed E-state index contributed by atoms with van der Waals surface area (Å²) in [5.41, 5.74) is 2.03. The normalized spacial score (nSPS) is 22.3. The van der Waals surface area contributed by atoms with Gasteiger partial charge < -0.3 is 15.5 Å². The van der Waals surface area contributed by atoms with Crippen LogP contribution in [-0.2, 0) is 4.79 Å². The number of hydrogen-bond donors (Lipinski definition) is 3. The number of nitrogens with zero attached hydrogens (tertiary/aromatic N) is 5. The van der Waals surface area contributed by atoms with Crippen molar-refractivity contribution in [3.8, 4) is 0 Å². The second-order valence-electron chi connectivity index (χ2n) is 9.08. The average Bonchev–Trinajstić information content (AvgIpc) is 3.24. The molecule has 2 atom stereocenters. The Hall–Kier alpha value is -3.27. The lowest BCUT2D eigenvalue weighted by atomic mass is 10.1. The van der Waals surface area contributed by atoms with Crippen LogP contribution in [0.1, 0.15) is 43.7 Å². The molecule has 1 aliphatic heterocycles. The molecule has 1 amide bonds. The maximum Gasteiger partial charge on any atom is 0.246 e. The van der Waals surface area contributed by atoms with Crippen LogP contribution in [0.2, 0.25) is 0 Å². The van der Waals surface area contributed by atoms with Gasteiger partial charge in [-0.25, -0.2) is 4.52 Å². The number of aromatic nitrogens is 5. The number of amides is 1. The van der Waals surface area contributed by atoms with Crippen molar-refractivity contribution in [1.82, 2.24) is 30.1 Å². The third-order valence-corrected chi connectivity index (χ3v) is 7.46. The number of H-pyrrole nitrogens is 1. The molecule has 4 heterocycles. The minimum Gasteiger partial charge on any atom is -0.348 e. The molecule has 1 saturated carbocycles. The van der Waals surface area contributed by atoms with Crippen molar-refractivity contribution in [3.63, 3.8) is 0 Å². The van der Waals surface area contributed by atoms with Crippen molar-refractivity contribution >= 4 is 40.8 Å². The van der Waals surface area contributed by atoms with E-state index in [9.17, 15) is 4.79 Å². The Bertz CT molecular complexity index is 1270. The Morgan fingerprint density at radius 2 is 2.21 bits per heavy atom. The lowest BCUT2D eigenvalue weighted by molar-refractivity contribution is -0.122. The van der Waals surface area contributed by atoms with Crippen LogP contribution in [0.5, 0.6) is 0 Å². The van der Waals surface area contributed by atoms with E-state index in [0.717, 1.165) is 42.8 Å². The highest BCUT2D eigenvalue weighted by molar-refractivity contribution is 8.02. The molecule has 3 aromatic rings. The summed E-state index contributed by atoms with van der Waals surface area (Å²) in [5.74, 6) is 2.60. The molecule has 3 aliphatic rings. The third-order valence-electron chi connectivity index (χ3n) is 6.68. The van der Waals surface area contributed by atoms with Gasteiger partial charge in [0.05, 0.1) is 6.04 Å². The van der Waals surface area contributed by atoms with E-state index in [1.54, 1.807) is 11.8 Å². The molecule has 10 heteroatoms. The largest absolute Gasteiger partial charge is 0.348 e. The molecule has 1 saturated heterocycles. The fourth-order valence-electron chi connectivity index (χ4n) is 4.68. The van der Waals surface area contributed by atoms with E-state index < -0.39 is 0 Å². The molecule has 0 radical (unpaired) electrons. The molecule has 0 bridgehead atoms. The SMILES string of the molecule is CSC1=CCC(NC(=O)C2CCCN2c2nc(Nc3cc(C4CC4)[nH]n3)c3cccn3n2)C=C1. The minimum atomic E-state index is -0.285. The first-order valence-electron chi connectivity index (χ1n) is 11.8. The first-order valence-corrected chi connectivity index (χ1v) is 13.1. The molecule has 0 aromatic carbocycles. The van der Waals surface area contributed by atoms with Crippen molar-refractivity contribution < 1.29 is 4.79 Å². The van der Waals surface area contributed by atoms with E-state index in [2.05, 4.69) is 51.4 Å². The number of aromatic amines is 1. The molecule has 2 fully saturated rings. The summed E-state index contributed by atoms with van der Waals surface area (Å²) in [6.07, 6.45) is 15.3. The lowest BCUT2D eigenvalue weighted by Gasteiger charge is -2.26. The zero-order valence-corrected chi connectivity index (χ0v) is 19.9. The molecule has 9 nitrogen and oxygen atoms in total. The number of rotatable bonds is 7. The highest BCUT2D eigenvalue weighted by Crippen LogP contribution is 2.39. The highest BCUT2D eigenvalue weighted by Gasteiger charge is 2.34. The minimum absolute atomic E-state index is 0.0243. The van der Waals surface area contributed by atoms with Crippen molar-refractivity contribution in [2.24, 2.45) is 0 Å². The number of nitrogens with one attached hydrogen (secondary N) is 3. The lowest BCUT2D eigenvalue weighted by Crippen LogP contribution is -2.47. The zero-order valence-electron chi connectivity index (χ0n) is 19.1. The van der Waals surface area contributed by atoms with Gasteiger partial charge in [-0.05, 0) is 50.5 Å². The Morgan fingerprint density at radius 1 is 1.29 bits per heavy atom. The number of hydrogen-bond acceptors (Lipinski definition) is 7. The standard InChI is InChI=1S/C24H28N8OS/c1-34-17-10-8-16(9-11-17)25-23(33)20-5-2-12-31(20)24-27-22(19-4-3-13-32(19)30-24)26-21-14-18(28-29-21)15-6-7-15/h3-4,8,10-11,13-16,20H,2,5-7,9,12H2,1H3,(H,25,33)(H2,26,27,28,29,30). The topological polar surface area (TPSA) is 103 Å². The second-order valence-corrected chi connectivity index (χ2v) is 9.96. The van der Waals surface area contributed by atoms with Crippen LogP contribution in [0.25, 0.3) is 5.52 Å². The predicted octanol–water partition coefficient (Wildman–Crippen LogP) is 3.73. The fraction of sp³-hybridized carbons (Fsp3) is 0.417. The molecule has 2 unspecified atom stereocenters. The summed E-state index contributed by atoms with van der Waals surface area (Å²) in [4.78, 5) is 21.3. The van der Waals surface area contributed by atoms with E-state index >= 15 is 0 Å². The van der Waals surface area contributed by atoms with Crippen LogP contribution in [-0.4, -0.2) is 55.6 Å². The zero-order chi connectivity index (χ0) is 23.1. The summed E-state index contributed by atoms with van der Waals surface area (Å²) >= 11 is 1.72. The molecule has 3 aromatic heterocycles. The van der Waals surface area contributed by atoms with Gasteiger partial charge in [-0.3, -0.25) is 9.89 Å². The quantitative estimate of drug-likeness (QED) is 0.477. The molecule has 2 aliphatic carbocycles. The van der Waals surface area contributed by atoms with Crippen molar-refractivity contribution in [3.05, 3.63) is 53.2 Å². The van der Waals surface area contributed by atoms with E-state index in [0.29, 0.717) is 17.7 Å². The number of fused-ring (bicyclic) bond motifs is 1. The molecule has 34 heavy (non-hydrogen) atoms. The van der Waals surface area contributed by atoms with Crippen molar-refractivity contribution in [2.45, 2.75) is 50.1 Å². The molecule has 176 valence electrons. The van der Waals surface area contributed by atoms with Gasteiger partial charge in [0.1, 0.15) is 11.6 Å². The smallest absolute Gasteiger partial charge is 0.246 e. The van der Waals surface area contributed by atoms with Crippen LogP contribution >= 0.6 is 11.8 Å². The van der Waals surface area contributed by atoms with Gasteiger partial charge >= 0.3 is 0 Å². The van der Waals surface area contributed by atoms with Crippen LogP contribution in [0.3, 0.4) is 0 Å². The Kier molecular flexibility index (Phi) is 5.52. The van der Waals surface area contributed by atoms with Gasteiger partial charge in [0.15, 0.2) is 11.6 Å². The second kappa shape index (κ2) is 8.83.